The average molecular weight is 345 g/mol. The van der Waals surface area contributed by atoms with Crippen LogP contribution in [0.4, 0.5) is 16.3 Å². The zero-order valence-electron chi connectivity index (χ0n) is 14.7. The first-order chi connectivity index (χ1) is 12.0. The average Bonchev–Trinajstić information content (AvgIpc) is 3.22. The molecule has 134 valence electrons. The molecule has 0 bridgehead atoms. The molecule has 3 heterocycles. The van der Waals surface area contributed by atoms with E-state index in [0.29, 0.717) is 18.8 Å². The van der Waals surface area contributed by atoms with Crippen molar-refractivity contribution < 1.29 is 9.59 Å². The summed E-state index contributed by atoms with van der Waals surface area (Å²) in [5.41, 5.74) is 1.67. The lowest BCUT2D eigenvalue weighted by atomic mass is 10.2. The summed E-state index contributed by atoms with van der Waals surface area (Å²) in [5, 5.41) is 13.9. The van der Waals surface area contributed by atoms with Gasteiger partial charge in [-0.1, -0.05) is 13.3 Å². The van der Waals surface area contributed by atoms with Gasteiger partial charge in [-0.25, -0.2) is 4.79 Å². The fourth-order valence-corrected chi connectivity index (χ4v) is 2.95. The third-order valence-electron chi connectivity index (χ3n) is 4.19. The van der Waals surface area contributed by atoms with Crippen molar-refractivity contribution in [3.8, 4) is 0 Å². The van der Waals surface area contributed by atoms with Crippen molar-refractivity contribution in [1.29, 1.82) is 0 Å². The Morgan fingerprint density at radius 3 is 2.88 bits per heavy atom. The Morgan fingerprint density at radius 2 is 2.20 bits per heavy atom. The maximum absolute atomic E-state index is 12.5. The minimum Gasteiger partial charge on any atom is -0.326 e. The Balaban J connectivity index is 1.59. The number of carbonyl (C=O) groups excluding carboxylic acids is 2. The van der Waals surface area contributed by atoms with Crippen LogP contribution in [-0.2, 0) is 25.3 Å². The summed E-state index contributed by atoms with van der Waals surface area (Å²) in [4.78, 5) is 26.4. The third kappa shape index (κ3) is 3.65. The van der Waals surface area contributed by atoms with E-state index in [4.69, 9.17) is 0 Å². The van der Waals surface area contributed by atoms with E-state index < -0.39 is 12.1 Å². The standard InChI is InChI=1S/C16H23N7O2/c1-4-5-11-8-14(22(3)20-11)19-16(25)18-13-6-7-23(15(13)24)12-9-17-21(2)10-12/h8-10,13H,4-7H2,1-3H3,(H2,18,19,25)/t13-/m1/s1. The van der Waals surface area contributed by atoms with Gasteiger partial charge in [0.2, 0.25) is 5.91 Å². The van der Waals surface area contributed by atoms with Crippen LogP contribution in [0.1, 0.15) is 25.5 Å². The number of anilines is 2. The number of urea groups is 1. The van der Waals surface area contributed by atoms with Crippen molar-refractivity contribution in [3.63, 3.8) is 0 Å². The molecule has 0 unspecified atom stereocenters. The van der Waals surface area contributed by atoms with Crippen LogP contribution >= 0.6 is 0 Å². The SMILES string of the molecule is CCCc1cc(NC(=O)N[C@@H]2CCN(c3cnn(C)c3)C2=O)n(C)n1. The highest BCUT2D eigenvalue weighted by Gasteiger charge is 2.34. The van der Waals surface area contributed by atoms with Gasteiger partial charge in [0.25, 0.3) is 0 Å². The fourth-order valence-electron chi connectivity index (χ4n) is 2.95. The lowest BCUT2D eigenvalue weighted by Gasteiger charge is -2.15. The molecule has 0 aliphatic carbocycles. The van der Waals surface area contributed by atoms with E-state index in [1.165, 1.54) is 0 Å². The summed E-state index contributed by atoms with van der Waals surface area (Å²) in [6, 6.07) is 0.905. The van der Waals surface area contributed by atoms with Gasteiger partial charge < -0.3 is 10.2 Å². The number of amides is 3. The van der Waals surface area contributed by atoms with Gasteiger partial charge in [-0.3, -0.25) is 19.5 Å². The van der Waals surface area contributed by atoms with E-state index in [1.807, 2.05) is 6.07 Å². The molecule has 1 atom stereocenters. The second kappa shape index (κ2) is 6.96. The van der Waals surface area contributed by atoms with Crippen molar-refractivity contribution in [1.82, 2.24) is 24.9 Å². The maximum atomic E-state index is 12.5. The van der Waals surface area contributed by atoms with Gasteiger partial charge >= 0.3 is 6.03 Å². The van der Waals surface area contributed by atoms with Crippen LogP contribution in [0, 0.1) is 0 Å². The molecule has 0 radical (unpaired) electrons. The Kier molecular flexibility index (Phi) is 4.73. The minimum atomic E-state index is -0.538. The number of nitrogens with one attached hydrogen (secondary N) is 2. The van der Waals surface area contributed by atoms with E-state index in [2.05, 4.69) is 27.8 Å². The highest BCUT2D eigenvalue weighted by Crippen LogP contribution is 2.20. The number of hydrogen-bond acceptors (Lipinski definition) is 4. The molecule has 9 nitrogen and oxygen atoms in total. The Morgan fingerprint density at radius 1 is 1.40 bits per heavy atom. The third-order valence-corrected chi connectivity index (χ3v) is 4.19. The second-order valence-electron chi connectivity index (χ2n) is 6.20. The largest absolute Gasteiger partial charge is 0.326 e. The molecule has 9 heteroatoms. The Bertz CT molecular complexity index is 779. The van der Waals surface area contributed by atoms with Crippen LogP contribution in [0.2, 0.25) is 0 Å². The van der Waals surface area contributed by atoms with Crippen molar-refractivity contribution in [2.24, 2.45) is 14.1 Å². The first-order valence-corrected chi connectivity index (χ1v) is 8.38. The Hall–Kier alpha value is -2.84. The van der Waals surface area contributed by atoms with Gasteiger partial charge in [-0.15, -0.1) is 0 Å². The van der Waals surface area contributed by atoms with E-state index in [0.717, 1.165) is 24.2 Å². The van der Waals surface area contributed by atoms with Crippen LogP contribution in [0.15, 0.2) is 18.5 Å². The second-order valence-corrected chi connectivity index (χ2v) is 6.20. The van der Waals surface area contributed by atoms with Crippen molar-refractivity contribution >= 4 is 23.4 Å². The summed E-state index contributed by atoms with van der Waals surface area (Å²) < 4.78 is 3.27. The van der Waals surface area contributed by atoms with E-state index in [9.17, 15) is 9.59 Å². The molecule has 1 saturated heterocycles. The highest BCUT2D eigenvalue weighted by molar-refractivity contribution is 6.02. The molecule has 2 N–H and O–H groups in total. The van der Waals surface area contributed by atoms with Gasteiger partial charge in [-0.2, -0.15) is 10.2 Å². The summed E-state index contributed by atoms with van der Waals surface area (Å²) in [6.07, 6.45) is 5.84. The number of nitrogens with zero attached hydrogens (tertiary/aromatic N) is 5. The number of aryl methyl sites for hydroxylation is 3. The first kappa shape index (κ1) is 17.0. The number of hydrogen-bond donors (Lipinski definition) is 2. The molecule has 0 aromatic carbocycles. The normalized spacial score (nSPS) is 17.2. The predicted octanol–water partition coefficient (Wildman–Crippen LogP) is 1.03. The smallest absolute Gasteiger partial charge is 0.321 e. The molecule has 1 aliphatic rings. The molecule has 2 aromatic heterocycles. The lowest BCUT2D eigenvalue weighted by Crippen LogP contribution is -2.43. The van der Waals surface area contributed by atoms with Crippen LogP contribution in [-0.4, -0.2) is 44.1 Å². The highest BCUT2D eigenvalue weighted by atomic mass is 16.2. The molecule has 25 heavy (non-hydrogen) atoms. The quantitative estimate of drug-likeness (QED) is 0.846. The lowest BCUT2D eigenvalue weighted by molar-refractivity contribution is -0.118. The monoisotopic (exact) mass is 345 g/mol. The van der Waals surface area contributed by atoms with Gasteiger partial charge in [0.15, 0.2) is 0 Å². The molecule has 0 saturated carbocycles. The molecule has 2 aromatic rings. The number of aromatic nitrogens is 4. The summed E-state index contributed by atoms with van der Waals surface area (Å²) >= 11 is 0. The number of rotatable bonds is 5. The predicted molar refractivity (Wildman–Crippen MR) is 93.3 cm³/mol. The van der Waals surface area contributed by atoms with Gasteiger partial charge in [0.05, 0.1) is 17.6 Å². The van der Waals surface area contributed by atoms with Gasteiger partial charge in [0, 0.05) is 32.9 Å². The molecule has 3 amide bonds. The maximum Gasteiger partial charge on any atom is 0.321 e. The van der Waals surface area contributed by atoms with Gasteiger partial charge in [0.1, 0.15) is 11.9 Å². The van der Waals surface area contributed by atoms with E-state index in [1.54, 1.807) is 40.8 Å². The van der Waals surface area contributed by atoms with Crippen LogP contribution < -0.4 is 15.5 Å². The summed E-state index contributed by atoms with van der Waals surface area (Å²) in [7, 11) is 3.58. The van der Waals surface area contributed by atoms with Crippen molar-refractivity contribution in [2.45, 2.75) is 32.2 Å². The van der Waals surface area contributed by atoms with E-state index in [-0.39, 0.29) is 5.91 Å². The fraction of sp³-hybridized carbons (Fsp3) is 0.500. The van der Waals surface area contributed by atoms with Crippen molar-refractivity contribution in [3.05, 3.63) is 24.2 Å². The zero-order chi connectivity index (χ0) is 18.0. The molecular formula is C16H23N7O2. The summed E-state index contributed by atoms with van der Waals surface area (Å²) in [5.74, 6) is 0.482. The van der Waals surface area contributed by atoms with Crippen LogP contribution in [0.25, 0.3) is 0 Å². The van der Waals surface area contributed by atoms with Crippen molar-refractivity contribution in [2.75, 3.05) is 16.8 Å². The van der Waals surface area contributed by atoms with Gasteiger partial charge in [-0.05, 0) is 12.8 Å². The molecular weight excluding hydrogens is 322 g/mol. The topological polar surface area (TPSA) is 97.1 Å². The Labute approximate surface area is 146 Å². The van der Waals surface area contributed by atoms with Crippen LogP contribution in [0.3, 0.4) is 0 Å². The zero-order valence-corrected chi connectivity index (χ0v) is 14.7. The van der Waals surface area contributed by atoms with Crippen LogP contribution in [0.5, 0.6) is 0 Å². The van der Waals surface area contributed by atoms with E-state index >= 15 is 0 Å². The number of carbonyl (C=O) groups is 2. The summed E-state index contributed by atoms with van der Waals surface area (Å²) in [6.45, 7) is 2.63. The minimum absolute atomic E-state index is 0.125. The molecule has 1 fully saturated rings. The molecule has 0 spiro atoms. The molecule has 1 aliphatic heterocycles. The first-order valence-electron chi connectivity index (χ1n) is 8.38. The molecule has 3 rings (SSSR count).